The van der Waals surface area contributed by atoms with Crippen molar-refractivity contribution in [3.05, 3.63) is 58.9 Å². The highest BCUT2D eigenvalue weighted by Gasteiger charge is 2.22. The van der Waals surface area contributed by atoms with Gasteiger partial charge in [-0.05, 0) is 47.0 Å². The minimum atomic E-state index is -0.154. The fourth-order valence-electron chi connectivity index (χ4n) is 3.44. The number of hydrogen-bond acceptors (Lipinski definition) is 4. The average Bonchev–Trinajstić information content (AvgIpc) is 2.99. The molecule has 1 saturated carbocycles. The van der Waals surface area contributed by atoms with Gasteiger partial charge >= 0.3 is 0 Å². The van der Waals surface area contributed by atoms with Gasteiger partial charge in [-0.25, -0.2) is 4.98 Å². The van der Waals surface area contributed by atoms with Gasteiger partial charge in [0, 0.05) is 39.0 Å². The van der Waals surface area contributed by atoms with Gasteiger partial charge in [-0.1, -0.05) is 35.2 Å². The molecule has 1 aliphatic rings. The highest BCUT2D eigenvalue weighted by Crippen LogP contribution is 2.32. The largest absolute Gasteiger partial charge is 0.448 e. The lowest BCUT2D eigenvalue weighted by Crippen LogP contribution is -2.25. The zero-order valence-corrected chi connectivity index (χ0v) is 19.6. The molecule has 3 aromatic rings. The minimum Gasteiger partial charge on any atom is -0.448 e. The summed E-state index contributed by atoms with van der Waals surface area (Å²) in [6.07, 6.45) is 7.20. The van der Waals surface area contributed by atoms with E-state index in [1.165, 1.54) is 11.1 Å². The van der Waals surface area contributed by atoms with Crippen molar-refractivity contribution in [2.75, 3.05) is 0 Å². The molecule has 0 unspecified atom stereocenters. The van der Waals surface area contributed by atoms with Crippen LogP contribution in [-0.2, 0) is 0 Å². The molecule has 1 aliphatic carbocycles. The van der Waals surface area contributed by atoms with Crippen molar-refractivity contribution in [2.45, 2.75) is 38.0 Å². The molecule has 5 nitrogen and oxygen atoms in total. The Balaban J connectivity index is 1.86. The van der Waals surface area contributed by atoms with E-state index < -0.39 is 0 Å². The van der Waals surface area contributed by atoms with Gasteiger partial charge in [-0.15, -0.1) is 0 Å². The normalized spacial score (nSPS) is 15.8. The van der Waals surface area contributed by atoms with E-state index in [4.69, 9.17) is 9.40 Å². The molecule has 27 heavy (non-hydrogen) atoms. The zero-order chi connectivity index (χ0) is 19.0. The Morgan fingerprint density at radius 1 is 1.22 bits per heavy atom. The van der Waals surface area contributed by atoms with Crippen molar-refractivity contribution in [1.82, 2.24) is 9.66 Å². The highest BCUT2D eigenvalue weighted by atomic mass is 127. The van der Waals surface area contributed by atoms with Crippen LogP contribution in [0.3, 0.4) is 0 Å². The predicted octanol–water partition coefficient (Wildman–Crippen LogP) is 6.05. The summed E-state index contributed by atoms with van der Waals surface area (Å²) >= 11 is 8.96. The third-order valence-corrected chi connectivity index (χ3v) is 7.39. The Morgan fingerprint density at radius 2 is 2.00 bits per heavy atom. The summed E-state index contributed by atoms with van der Waals surface area (Å²) in [5.41, 5.74) is 0.559. The first kappa shape index (κ1) is 19.3. The van der Waals surface area contributed by atoms with E-state index in [1.807, 2.05) is 18.2 Å². The fraction of sp³-hybridized carbons (Fsp3) is 0.316. The second-order valence-electron chi connectivity index (χ2n) is 6.60. The summed E-state index contributed by atoms with van der Waals surface area (Å²) in [7, 11) is 0. The first-order chi connectivity index (χ1) is 13.0. The number of fused-ring (bicyclic) bond motifs is 1. The van der Waals surface area contributed by atoms with Gasteiger partial charge in [0.2, 0.25) is 0 Å². The summed E-state index contributed by atoms with van der Waals surface area (Å²) in [5, 5.41) is 5.02. The SMILES string of the molecule is O=c1c2cc(Br)ccc2nc(C2CCCCC2)n1N=Cc1cc(Br)c(I)o1. The van der Waals surface area contributed by atoms with Gasteiger partial charge in [0.1, 0.15) is 11.6 Å². The van der Waals surface area contributed by atoms with Crippen LogP contribution in [0.4, 0.5) is 0 Å². The molecular weight excluding hydrogens is 589 g/mol. The molecule has 8 heteroatoms. The Hall–Kier alpha value is -1.000. The Kier molecular flexibility index (Phi) is 5.84. The van der Waals surface area contributed by atoms with Crippen LogP contribution < -0.4 is 5.56 Å². The van der Waals surface area contributed by atoms with E-state index in [9.17, 15) is 4.79 Å². The van der Waals surface area contributed by atoms with Crippen LogP contribution in [0.5, 0.6) is 0 Å². The maximum Gasteiger partial charge on any atom is 0.282 e. The lowest BCUT2D eigenvalue weighted by molar-refractivity contribution is 0.416. The molecule has 1 fully saturated rings. The molecule has 0 bridgehead atoms. The van der Waals surface area contributed by atoms with Crippen LogP contribution in [0.2, 0.25) is 0 Å². The molecule has 4 rings (SSSR count). The van der Waals surface area contributed by atoms with Crippen LogP contribution in [0.1, 0.15) is 49.6 Å². The quantitative estimate of drug-likeness (QED) is 0.270. The molecule has 140 valence electrons. The van der Waals surface area contributed by atoms with Crippen LogP contribution >= 0.6 is 54.5 Å². The van der Waals surface area contributed by atoms with E-state index in [0.29, 0.717) is 16.7 Å². The smallest absolute Gasteiger partial charge is 0.282 e. The van der Waals surface area contributed by atoms with Crippen molar-refractivity contribution in [3.63, 3.8) is 0 Å². The van der Waals surface area contributed by atoms with Gasteiger partial charge in [0.05, 0.1) is 21.6 Å². The number of rotatable bonds is 3. The number of hydrogen-bond donors (Lipinski definition) is 0. The van der Waals surface area contributed by atoms with Gasteiger partial charge in [0.25, 0.3) is 5.56 Å². The van der Waals surface area contributed by atoms with Crippen molar-refractivity contribution in [2.24, 2.45) is 5.10 Å². The number of benzene rings is 1. The van der Waals surface area contributed by atoms with Crippen LogP contribution in [0.25, 0.3) is 10.9 Å². The predicted molar refractivity (Wildman–Crippen MR) is 122 cm³/mol. The summed E-state index contributed by atoms with van der Waals surface area (Å²) in [4.78, 5) is 18.0. The van der Waals surface area contributed by atoms with Crippen LogP contribution in [-0.4, -0.2) is 15.9 Å². The Bertz CT molecular complexity index is 1060. The van der Waals surface area contributed by atoms with Gasteiger partial charge in [0.15, 0.2) is 3.77 Å². The van der Waals surface area contributed by atoms with Crippen molar-refractivity contribution >= 4 is 71.6 Å². The van der Waals surface area contributed by atoms with E-state index in [2.05, 4.69) is 59.6 Å². The third-order valence-electron chi connectivity index (χ3n) is 4.77. The summed E-state index contributed by atoms with van der Waals surface area (Å²) < 4.78 is 9.52. The van der Waals surface area contributed by atoms with E-state index in [0.717, 1.165) is 44.2 Å². The summed E-state index contributed by atoms with van der Waals surface area (Å²) in [6.45, 7) is 0. The first-order valence-corrected chi connectivity index (χ1v) is 11.4. The molecule has 0 radical (unpaired) electrons. The molecule has 0 saturated heterocycles. The number of halogens is 3. The van der Waals surface area contributed by atoms with Crippen LogP contribution in [0.15, 0.2) is 47.5 Å². The minimum absolute atomic E-state index is 0.154. The first-order valence-electron chi connectivity index (χ1n) is 8.74. The van der Waals surface area contributed by atoms with Crippen LogP contribution in [0, 0.1) is 3.77 Å². The lowest BCUT2D eigenvalue weighted by atomic mass is 9.88. The molecule has 0 N–H and O–H groups in total. The maximum absolute atomic E-state index is 13.2. The molecule has 1 aromatic carbocycles. The number of nitrogens with zero attached hydrogens (tertiary/aromatic N) is 3. The third kappa shape index (κ3) is 4.07. The molecule has 0 spiro atoms. The van der Waals surface area contributed by atoms with E-state index >= 15 is 0 Å². The number of aromatic nitrogens is 2. The van der Waals surface area contributed by atoms with Gasteiger partial charge in [-0.2, -0.15) is 9.78 Å². The highest BCUT2D eigenvalue weighted by molar-refractivity contribution is 14.1. The van der Waals surface area contributed by atoms with Crippen molar-refractivity contribution in [3.8, 4) is 0 Å². The molecule has 0 atom stereocenters. The molecule has 0 aliphatic heterocycles. The molecule has 2 aromatic heterocycles. The van der Waals surface area contributed by atoms with E-state index in [1.54, 1.807) is 12.3 Å². The summed E-state index contributed by atoms with van der Waals surface area (Å²) in [5.74, 6) is 1.58. The number of furan rings is 1. The standard InChI is InChI=1S/C19H16Br2IN3O2/c20-12-6-7-16-14(8-12)19(26)25(18(24-16)11-4-2-1-3-5-11)23-10-13-9-15(21)17(22)27-13/h6-11H,1-5H2. The molecule has 0 amide bonds. The molecular formula is C19H16Br2IN3O2. The fourth-order valence-corrected chi connectivity index (χ4v) is 4.52. The van der Waals surface area contributed by atoms with E-state index in [-0.39, 0.29) is 11.5 Å². The monoisotopic (exact) mass is 603 g/mol. The average molecular weight is 605 g/mol. The van der Waals surface area contributed by atoms with Gasteiger partial charge in [-0.3, -0.25) is 4.79 Å². The zero-order valence-electron chi connectivity index (χ0n) is 14.3. The Morgan fingerprint density at radius 3 is 2.70 bits per heavy atom. The second kappa shape index (κ2) is 8.16. The van der Waals surface area contributed by atoms with Crippen molar-refractivity contribution in [1.29, 1.82) is 0 Å². The summed E-state index contributed by atoms with van der Waals surface area (Å²) in [6, 6.07) is 7.43. The molecule has 2 heterocycles. The Labute approximate surface area is 186 Å². The maximum atomic E-state index is 13.2. The van der Waals surface area contributed by atoms with Gasteiger partial charge < -0.3 is 4.42 Å². The lowest BCUT2D eigenvalue weighted by Gasteiger charge is -2.22. The van der Waals surface area contributed by atoms with Crippen molar-refractivity contribution < 1.29 is 4.42 Å². The topological polar surface area (TPSA) is 60.4 Å². The second-order valence-corrected chi connectivity index (χ2v) is 9.35.